The van der Waals surface area contributed by atoms with Gasteiger partial charge >= 0.3 is 0 Å². The summed E-state index contributed by atoms with van der Waals surface area (Å²) in [6, 6.07) is 58.3. The Labute approximate surface area is 271 Å². The molecule has 2 heterocycles. The first kappa shape index (κ1) is 26.0. The molecule has 10 aromatic rings. The Kier molecular flexibility index (Phi) is 5.57. The molecule has 0 radical (unpaired) electrons. The Morgan fingerprint density at radius 3 is 1.47 bits per heavy atom. The molecule has 2 aromatic heterocycles. The molecule has 0 spiro atoms. The number of rotatable bonds is 3. The highest BCUT2D eigenvalue weighted by atomic mass is 15.0. The van der Waals surface area contributed by atoms with Crippen molar-refractivity contribution in [2.75, 3.05) is 0 Å². The van der Waals surface area contributed by atoms with Gasteiger partial charge in [-0.2, -0.15) is 0 Å². The van der Waals surface area contributed by atoms with Crippen LogP contribution in [0, 0.1) is 0 Å². The Morgan fingerprint density at radius 2 is 0.851 bits per heavy atom. The number of fused-ring (bicyclic) bond motifs is 9. The van der Waals surface area contributed by atoms with E-state index >= 15 is 0 Å². The number of nitrogens with zero attached hydrogens (tertiary/aromatic N) is 3. The number of hydrogen-bond donors (Lipinski definition) is 0. The minimum Gasteiger partial charge on any atom is -0.309 e. The van der Waals surface area contributed by atoms with Gasteiger partial charge in [-0.25, -0.2) is 9.97 Å². The zero-order valence-corrected chi connectivity index (χ0v) is 25.4. The Bertz CT molecular complexity index is 2750. The highest BCUT2D eigenvalue weighted by Crippen LogP contribution is 2.41. The minimum atomic E-state index is 0.880. The molecular weight excluding hydrogens is 571 g/mol. The lowest BCUT2D eigenvalue weighted by Crippen LogP contribution is -1.97. The van der Waals surface area contributed by atoms with Crippen LogP contribution in [0.2, 0.25) is 0 Å². The van der Waals surface area contributed by atoms with Crippen molar-refractivity contribution < 1.29 is 0 Å². The highest BCUT2D eigenvalue weighted by Gasteiger charge is 2.19. The van der Waals surface area contributed by atoms with E-state index in [-0.39, 0.29) is 0 Å². The van der Waals surface area contributed by atoms with E-state index in [4.69, 9.17) is 9.97 Å². The molecular formula is C44H27N3. The number of aromatic nitrogens is 3. The lowest BCUT2D eigenvalue weighted by atomic mass is 9.98. The molecule has 0 unspecified atom stereocenters. The van der Waals surface area contributed by atoms with E-state index in [0.717, 1.165) is 39.2 Å². The SMILES string of the molecule is c1ccc2c(-c3nc4ccccc4nc3-c3ccc(-n4c5ccc6ccccc6c5c5c6ccccc6ccc54)cc3)cccc2c1. The maximum atomic E-state index is 5.22. The van der Waals surface area contributed by atoms with Crippen LogP contribution in [0.15, 0.2) is 164 Å². The molecule has 3 nitrogen and oxygen atoms in total. The molecule has 0 atom stereocenters. The van der Waals surface area contributed by atoms with Crippen molar-refractivity contribution in [3.63, 3.8) is 0 Å². The monoisotopic (exact) mass is 597 g/mol. The predicted octanol–water partition coefficient (Wildman–Crippen LogP) is 11.5. The maximum Gasteiger partial charge on any atom is 0.0979 e. The zero-order valence-electron chi connectivity index (χ0n) is 25.4. The second-order valence-electron chi connectivity index (χ2n) is 12.2. The van der Waals surface area contributed by atoms with Gasteiger partial charge in [0.25, 0.3) is 0 Å². The lowest BCUT2D eigenvalue weighted by molar-refractivity contribution is 1.18. The van der Waals surface area contributed by atoms with Crippen molar-refractivity contribution in [1.82, 2.24) is 14.5 Å². The normalized spacial score (nSPS) is 11.8. The molecule has 47 heavy (non-hydrogen) atoms. The van der Waals surface area contributed by atoms with Gasteiger partial charge in [0.2, 0.25) is 0 Å². The van der Waals surface area contributed by atoms with Crippen molar-refractivity contribution in [2.45, 2.75) is 0 Å². The van der Waals surface area contributed by atoms with Crippen molar-refractivity contribution >= 4 is 65.2 Å². The second kappa shape index (κ2) is 10.1. The molecule has 0 aliphatic carbocycles. The van der Waals surface area contributed by atoms with Crippen molar-refractivity contribution in [3.05, 3.63) is 164 Å². The first-order valence-corrected chi connectivity index (χ1v) is 16.0. The zero-order chi connectivity index (χ0) is 30.9. The molecule has 3 heteroatoms. The third-order valence-corrected chi connectivity index (χ3v) is 9.56. The summed E-state index contributed by atoms with van der Waals surface area (Å²) < 4.78 is 2.41. The molecule has 0 saturated carbocycles. The molecule has 0 N–H and O–H groups in total. The lowest BCUT2D eigenvalue weighted by Gasteiger charge is -2.14. The molecule has 0 aliphatic rings. The summed E-state index contributed by atoms with van der Waals surface area (Å²) in [4.78, 5) is 10.4. The quantitative estimate of drug-likeness (QED) is 0.203. The number of para-hydroxylation sites is 2. The van der Waals surface area contributed by atoms with Gasteiger partial charge < -0.3 is 4.57 Å². The van der Waals surface area contributed by atoms with Crippen LogP contribution in [0.25, 0.3) is 93.4 Å². The second-order valence-corrected chi connectivity index (χ2v) is 12.2. The fraction of sp³-hybridized carbons (Fsp3) is 0. The average Bonchev–Trinajstić information content (AvgIpc) is 3.49. The van der Waals surface area contributed by atoms with Crippen LogP contribution in [0.3, 0.4) is 0 Å². The predicted molar refractivity (Wildman–Crippen MR) is 197 cm³/mol. The molecule has 218 valence electrons. The molecule has 8 aromatic carbocycles. The average molecular weight is 598 g/mol. The van der Waals surface area contributed by atoms with Crippen LogP contribution >= 0.6 is 0 Å². The van der Waals surface area contributed by atoms with Gasteiger partial charge in [0.15, 0.2) is 0 Å². The fourth-order valence-corrected chi connectivity index (χ4v) is 7.42. The third kappa shape index (κ3) is 3.93. The Hall–Kier alpha value is -6.32. The van der Waals surface area contributed by atoms with Crippen LogP contribution in [-0.4, -0.2) is 14.5 Å². The number of hydrogen-bond acceptors (Lipinski definition) is 2. The smallest absolute Gasteiger partial charge is 0.0979 e. The summed E-state index contributed by atoms with van der Waals surface area (Å²) in [5.74, 6) is 0. The van der Waals surface area contributed by atoms with E-state index < -0.39 is 0 Å². The summed E-state index contributed by atoms with van der Waals surface area (Å²) in [6.07, 6.45) is 0. The van der Waals surface area contributed by atoms with Crippen molar-refractivity contribution in [1.29, 1.82) is 0 Å². The van der Waals surface area contributed by atoms with Crippen molar-refractivity contribution in [3.8, 4) is 28.2 Å². The summed E-state index contributed by atoms with van der Waals surface area (Å²) >= 11 is 0. The first-order chi connectivity index (χ1) is 23.3. The molecule has 0 aliphatic heterocycles. The van der Waals surface area contributed by atoms with E-state index in [9.17, 15) is 0 Å². The molecule has 0 fully saturated rings. The minimum absolute atomic E-state index is 0.880. The molecule has 0 amide bonds. The van der Waals surface area contributed by atoms with Crippen LogP contribution in [-0.2, 0) is 0 Å². The van der Waals surface area contributed by atoms with Crippen LogP contribution in [0.5, 0.6) is 0 Å². The molecule has 0 bridgehead atoms. The van der Waals surface area contributed by atoms with Gasteiger partial charge in [-0.3, -0.25) is 0 Å². The summed E-state index contributed by atoms with van der Waals surface area (Å²) in [6.45, 7) is 0. The van der Waals surface area contributed by atoms with Crippen molar-refractivity contribution in [2.24, 2.45) is 0 Å². The fourth-order valence-electron chi connectivity index (χ4n) is 7.42. The van der Waals surface area contributed by atoms with Gasteiger partial charge in [0, 0.05) is 27.6 Å². The standard InChI is InChI=1S/C44H27N3/c1-4-14-33-28(10-1)13-9-17-36(33)44-43(45-37-18-7-8-19-38(37)46-44)31-20-24-32(25-21-31)47-39-26-22-29-11-2-5-15-34(29)41(39)42-35-16-6-3-12-30(35)23-27-40(42)47/h1-27H. The third-order valence-electron chi connectivity index (χ3n) is 9.56. The maximum absolute atomic E-state index is 5.22. The molecule has 10 rings (SSSR count). The summed E-state index contributed by atoms with van der Waals surface area (Å²) in [5, 5.41) is 9.97. The largest absolute Gasteiger partial charge is 0.309 e. The van der Waals surface area contributed by atoms with E-state index in [2.05, 4.69) is 144 Å². The van der Waals surface area contributed by atoms with E-state index in [1.807, 2.05) is 24.3 Å². The van der Waals surface area contributed by atoms with E-state index in [0.29, 0.717) is 0 Å². The Morgan fingerprint density at radius 1 is 0.362 bits per heavy atom. The van der Waals surface area contributed by atoms with Gasteiger partial charge in [0.1, 0.15) is 0 Å². The van der Waals surface area contributed by atoms with Gasteiger partial charge in [-0.15, -0.1) is 0 Å². The highest BCUT2D eigenvalue weighted by molar-refractivity contribution is 6.28. The topological polar surface area (TPSA) is 30.7 Å². The Balaban J connectivity index is 1.22. The van der Waals surface area contributed by atoms with Crippen LogP contribution in [0.4, 0.5) is 0 Å². The van der Waals surface area contributed by atoms with E-state index in [1.165, 1.54) is 54.1 Å². The van der Waals surface area contributed by atoms with Crippen LogP contribution in [0.1, 0.15) is 0 Å². The van der Waals surface area contributed by atoms with Gasteiger partial charge in [-0.1, -0.05) is 127 Å². The molecule has 0 saturated heterocycles. The summed E-state index contributed by atoms with van der Waals surface area (Å²) in [5.41, 5.74) is 9.17. The van der Waals surface area contributed by atoms with E-state index in [1.54, 1.807) is 0 Å². The summed E-state index contributed by atoms with van der Waals surface area (Å²) in [7, 11) is 0. The van der Waals surface area contributed by atoms with Crippen LogP contribution < -0.4 is 0 Å². The number of benzene rings is 8. The van der Waals surface area contributed by atoms with Gasteiger partial charge in [0.05, 0.1) is 33.5 Å². The van der Waals surface area contributed by atoms with Gasteiger partial charge in [-0.05, 0) is 68.7 Å². The first-order valence-electron chi connectivity index (χ1n) is 16.0.